The lowest BCUT2D eigenvalue weighted by molar-refractivity contribution is -0.144. The molecule has 120 valence electrons. The van der Waals surface area contributed by atoms with Crippen LogP contribution < -0.4 is 5.32 Å². The first-order chi connectivity index (χ1) is 9.35. The van der Waals surface area contributed by atoms with Crippen molar-refractivity contribution >= 4 is 0 Å². The quantitative estimate of drug-likeness (QED) is 0.770. The highest BCUT2D eigenvalue weighted by molar-refractivity contribution is 4.86. The van der Waals surface area contributed by atoms with Gasteiger partial charge < -0.3 is 5.32 Å². The smallest absolute Gasteiger partial charge is 0.314 e. The molecule has 1 rings (SSSR count). The summed E-state index contributed by atoms with van der Waals surface area (Å²) in [6.45, 7) is 4.87. The van der Waals surface area contributed by atoms with Crippen molar-refractivity contribution in [3.05, 3.63) is 0 Å². The molecule has 0 heterocycles. The predicted molar refractivity (Wildman–Crippen MR) is 76.8 cm³/mol. The summed E-state index contributed by atoms with van der Waals surface area (Å²) in [7, 11) is 1.58. The summed E-state index contributed by atoms with van der Waals surface area (Å²) >= 11 is 0. The molecule has 0 radical (unpaired) electrons. The van der Waals surface area contributed by atoms with Gasteiger partial charge in [-0.3, -0.25) is 4.90 Å². The van der Waals surface area contributed by atoms with Crippen LogP contribution >= 0.6 is 0 Å². The Morgan fingerprint density at radius 2 is 1.90 bits per heavy atom. The Morgan fingerprint density at radius 3 is 2.45 bits per heavy atom. The van der Waals surface area contributed by atoms with Crippen molar-refractivity contribution in [2.24, 2.45) is 11.8 Å². The van der Waals surface area contributed by atoms with E-state index in [4.69, 9.17) is 0 Å². The molecular formula is C15H29F3N2. The van der Waals surface area contributed by atoms with E-state index in [1.807, 2.05) is 0 Å². The highest BCUT2D eigenvalue weighted by Crippen LogP contribution is 2.33. The van der Waals surface area contributed by atoms with E-state index in [0.29, 0.717) is 24.4 Å². The summed E-state index contributed by atoms with van der Waals surface area (Å²) in [6, 6.07) is 0.379. The zero-order valence-electron chi connectivity index (χ0n) is 13.0. The number of hydrogen-bond donors (Lipinski definition) is 1. The monoisotopic (exact) mass is 294 g/mol. The van der Waals surface area contributed by atoms with Crippen LogP contribution in [-0.4, -0.2) is 43.8 Å². The van der Waals surface area contributed by atoms with Crippen molar-refractivity contribution in [2.75, 3.05) is 26.7 Å². The van der Waals surface area contributed by atoms with Gasteiger partial charge in [0.15, 0.2) is 0 Å². The number of alkyl halides is 3. The van der Waals surface area contributed by atoms with E-state index in [2.05, 4.69) is 19.2 Å². The normalized spacial score (nSPS) is 28.1. The van der Waals surface area contributed by atoms with Crippen LogP contribution in [0.4, 0.5) is 13.2 Å². The molecule has 1 saturated carbocycles. The first kappa shape index (κ1) is 17.8. The Morgan fingerprint density at radius 1 is 1.20 bits per heavy atom. The third-order valence-electron chi connectivity index (χ3n) is 4.25. The van der Waals surface area contributed by atoms with Gasteiger partial charge >= 0.3 is 6.18 Å². The topological polar surface area (TPSA) is 15.3 Å². The molecule has 0 saturated heterocycles. The Bertz CT molecular complexity index is 268. The molecule has 2 nitrogen and oxygen atoms in total. The Balaban J connectivity index is 2.54. The van der Waals surface area contributed by atoms with Gasteiger partial charge in [-0.15, -0.1) is 0 Å². The molecule has 3 atom stereocenters. The second-order valence-electron chi connectivity index (χ2n) is 6.20. The first-order valence-electron chi connectivity index (χ1n) is 7.84. The third-order valence-corrected chi connectivity index (χ3v) is 4.25. The summed E-state index contributed by atoms with van der Waals surface area (Å²) in [5, 5.41) is 3.46. The van der Waals surface area contributed by atoms with Crippen LogP contribution in [0.2, 0.25) is 0 Å². The molecule has 0 aliphatic heterocycles. The van der Waals surface area contributed by atoms with Crippen LogP contribution in [-0.2, 0) is 0 Å². The molecule has 1 aliphatic rings. The van der Waals surface area contributed by atoms with Crippen molar-refractivity contribution in [3.8, 4) is 0 Å². The van der Waals surface area contributed by atoms with Crippen LogP contribution in [0, 0.1) is 11.8 Å². The molecule has 1 N–H and O–H groups in total. The number of halogens is 3. The van der Waals surface area contributed by atoms with Gasteiger partial charge in [0.25, 0.3) is 0 Å². The lowest BCUT2D eigenvalue weighted by atomic mass is 9.76. The van der Waals surface area contributed by atoms with Crippen molar-refractivity contribution in [1.82, 2.24) is 10.2 Å². The van der Waals surface area contributed by atoms with Crippen LogP contribution in [0.5, 0.6) is 0 Å². The van der Waals surface area contributed by atoms with Gasteiger partial charge in [-0.05, 0) is 44.7 Å². The highest BCUT2D eigenvalue weighted by atomic mass is 19.4. The molecule has 0 amide bonds. The Hall–Kier alpha value is -0.290. The molecule has 0 aromatic rings. The molecule has 0 aromatic carbocycles. The summed E-state index contributed by atoms with van der Waals surface area (Å²) < 4.78 is 37.3. The zero-order valence-corrected chi connectivity index (χ0v) is 13.0. The van der Waals surface area contributed by atoms with E-state index < -0.39 is 12.7 Å². The van der Waals surface area contributed by atoms with Gasteiger partial charge in [0.2, 0.25) is 0 Å². The van der Waals surface area contributed by atoms with E-state index >= 15 is 0 Å². The van der Waals surface area contributed by atoms with Crippen molar-refractivity contribution in [2.45, 2.75) is 58.2 Å². The molecule has 0 aromatic heterocycles. The molecule has 1 aliphatic carbocycles. The first-order valence-corrected chi connectivity index (χ1v) is 7.84. The third kappa shape index (κ3) is 6.44. The number of nitrogens with zero attached hydrogens (tertiary/aromatic N) is 1. The van der Waals surface area contributed by atoms with Crippen LogP contribution in [0.3, 0.4) is 0 Å². The van der Waals surface area contributed by atoms with Gasteiger partial charge in [0.05, 0.1) is 6.54 Å². The van der Waals surface area contributed by atoms with E-state index in [0.717, 1.165) is 19.4 Å². The SMILES string of the molecule is CCCC1CCC(NCC)C(CN(C)CC(F)(F)F)C1. The summed E-state index contributed by atoms with van der Waals surface area (Å²) in [5.41, 5.74) is 0. The number of hydrogen-bond acceptors (Lipinski definition) is 2. The van der Waals surface area contributed by atoms with E-state index in [-0.39, 0.29) is 0 Å². The summed E-state index contributed by atoms with van der Waals surface area (Å²) in [4.78, 5) is 1.43. The largest absolute Gasteiger partial charge is 0.401 e. The maximum atomic E-state index is 12.4. The maximum absolute atomic E-state index is 12.4. The Kier molecular flexibility index (Phi) is 7.30. The standard InChI is InChI=1S/C15H29F3N2/c1-4-6-12-7-8-14(19-5-2)13(9-12)10-20(3)11-15(16,17)18/h12-14,19H,4-11H2,1-3H3. The van der Waals surface area contributed by atoms with Gasteiger partial charge in [-0.1, -0.05) is 26.7 Å². The fourth-order valence-electron chi connectivity index (χ4n) is 3.54. The number of rotatable bonds is 7. The molecule has 1 fully saturated rings. The van der Waals surface area contributed by atoms with Gasteiger partial charge in [0.1, 0.15) is 0 Å². The van der Waals surface area contributed by atoms with Crippen molar-refractivity contribution in [3.63, 3.8) is 0 Å². The minimum atomic E-state index is -4.10. The second kappa shape index (κ2) is 8.23. The van der Waals surface area contributed by atoms with E-state index in [9.17, 15) is 13.2 Å². The minimum absolute atomic E-state index is 0.340. The molecule has 3 unspecified atom stereocenters. The molecule has 0 spiro atoms. The average Bonchev–Trinajstić information content (AvgIpc) is 2.30. The van der Waals surface area contributed by atoms with Gasteiger partial charge in [0, 0.05) is 12.6 Å². The Labute approximate surface area is 121 Å². The lowest BCUT2D eigenvalue weighted by Gasteiger charge is -2.38. The van der Waals surface area contributed by atoms with Crippen molar-refractivity contribution < 1.29 is 13.2 Å². The van der Waals surface area contributed by atoms with Crippen LogP contribution in [0.1, 0.15) is 46.0 Å². The summed E-state index contributed by atoms with van der Waals surface area (Å²) in [6.07, 6.45) is 1.65. The van der Waals surface area contributed by atoms with E-state index in [1.165, 1.54) is 24.2 Å². The van der Waals surface area contributed by atoms with Crippen LogP contribution in [0.15, 0.2) is 0 Å². The zero-order chi connectivity index (χ0) is 15.2. The average molecular weight is 294 g/mol. The minimum Gasteiger partial charge on any atom is -0.314 e. The second-order valence-corrected chi connectivity index (χ2v) is 6.20. The molecule has 5 heteroatoms. The fraction of sp³-hybridized carbons (Fsp3) is 1.00. The summed E-state index contributed by atoms with van der Waals surface area (Å²) in [5.74, 6) is 1.03. The van der Waals surface area contributed by atoms with Gasteiger partial charge in [-0.2, -0.15) is 13.2 Å². The maximum Gasteiger partial charge on any atom is 0.401 e. The highest BCUT2D eigenvalue weighted by Gasteiger charge is 2.34. The molecule has 0 bridgehead atoms. The fourth-order valence-corrected chi connectivity index (χ4v) is 3.54. The molecular weight excluding hydrogens is 265 g/mol. The van der Waals surface area contributed by atoms with Gasteiger partial charge in [-0.25, -0.2) is 0 Å². The predicted octanol–water partition coefficient (Wildman–Crippen LogP) is 3.68. The van der Waals surface area contributed by atoms with Crippen LogP contribution in [0.25, 0.3) is 0 Å². The lowest BCUT2D eigenvalue weighted by Crippen LogP contribution is -2.46. The molecule has 20 heavy (non-hydrogen) atoms. The van der Waals surface area contributed by atoms with E-state index in [1.54, 1.807) is 7.05 Å². The number of nitrogens with one attached hydrogen (secondary N) is 1. The van der Waals surface area contributed by atoms with Crippen molar-refractivity contribution in [1.29, 1.82) is 0 Å².